The van der Waals surface area contributed by atoms with Gasteiger partial charge in [-0.2, -0.15) is 0 Å². The van der Waals surface area contributed by atoms with Crippen molar-refractivity contribution in [1.29, 1.82) is 0 Å². The summed E-state index contributed by atoms with van der Waals surface area (Å²) in [7, 11) is 3.40. The van der Waals surface area contributed by atoms with Crippen molar-refractivity contribution in [2.24, 2.45) is 5.92 Å². The Hall–Kier alpha value is 0.0906. The second-order valence-corrected chi connectivity index (χ2v) is 13.2. The standard InChI is InChI=1S/C10H22OSi3/c1-7(12)10(13,14)9(2,11)8-5-3-4-6-8/h3-8,11H,1-2,12-14H3. The molecule has 0 aromatic heterocycles. The smallest absolute Gasteiger partial charge is 0.0708 e. The van der Waals surface area contributed by atoms with Crippen LogP contribution in [0.1, 0.15) is 13.8 Å². The molecule has 0 saturated heterocycles. The molecule has 0 spiro atoms. The van der Waals surface area contributed by atoms with E-state index in [9.17, 15) is 5.11 Å². The second kappa shape index (κ2) is 3.92. The van der Waals surface area contributed by atoms with Crippen LogP contribution in [0.4, 0.5) is 0 Å². The molecule has 0 aromatic rings. The second-order valence-electron chi connectivity index (χ2n) is 5.32. The highest BCUT2D eigenvalue weighted by Crippen LogP contribution is 2.47. The van der Waals surface area contributed by atoms with Crippen molar-refractivity contribution < 1.29 is 5.11 Å². The Morgan fingerprint density at radius 1 is 1.29 bits per heavy atom. The fourth-order valence-corrected chi connectivity index (χ4v) is 3.07. The van der Waals surface area contributed by atoms with Gasteiger partial charge in [-0.1, -0.05) is 36.8 Å². The third-order valence-electron chi connectivity index (χ3n) is 4.14. The van der Waals surface area contributed by atoms with E-state index in [2.05, 4.69) is 31.2 Å². The van der Waals surface area contributed by atoms with Gasteiger partial charge in [0.1, 0.15) is 0 Å². The van der Waals surface area contributed by atoms with E-state index >= 15 is 0 Å². The van der Waals surface area contributed by atoms with Crippen molar-refractivity contribution in [3.05, 3.63) is 24.3 Å². The van der Waals surface area contributed by atoms with Gasteiger partial charge in [-0.3, -0.25) is 0 Å². The van der Waals surface area contributed by atoms with E-state index in [4.69, 9.17) is 0 Å². The van der Waals surface area contributed by atoms with Crippen LogP contribution in [0.25, 0.3) is 0 Å². The van der Waals surface area contributed by atoms with Crippen LogP contribution in [-0.4, -0.2) is 41.4 Å². The molecule has 1 rings (SSSR count). The van der Waals surface area contributed by atoms with Gasteiger partial charge < -0.3 is 5.11 Å². The van der Waals surface area contributed by atoms with E-state index < -0.39 is 5.60 Å². The average Bonchev–Trinajstić information content (AvgIpc) is 2.55. The zero-order valence-corrected chi connectivity index (χ0v) is 15.9. The molecule has 1 N–H and O–H groups in total. The van der Waals surface area contributed by atoms with Crippen molar-refractivity contribution in [3.8, 4) is 0 Å². The fraction of sp³-hybridized carbons (Fsp3) is 0.600. The molecule has 0 saturated carbocycles. The summed E-state index contributed by atoms with van der Waals surface area (Å²) in [6.07, 6.45) is 8.37. The molecular formula is C10H22OSi3. The molecular weight excluding hydrogens is 220 g/mol. The predicted octanol–water partition coefficient (Wildman–Crippen LogP) is -1.50. The highest BCUT2D eigenvalue weighted by Gasteiger charge is 2.45. The summed E-state index contributed by atoms with van der Waals surface area (Å²) >= 11 is 0. The molecule has 4 heteroatoms. The minimum atomic E-state index is -0.518. The maximum absolute atomic E-state index is 10.7. The van der Waals surface area contributed by atoms with E-state index in [-0.39, 0.29) is 10.6 Å². The average molecular weight is 243 g/mol. The molecule has 0 bridgehead atoms. The Labute approximate surface area is 95.9 Å². The molecule has 0 amide bonds. The summed E-state index contributed by atoms with van der Waals surface area (Å²) < 4.78 is 0.253. The highest BCUT2D eigenvalue weighted by atomic mass is 28.2. The summed E-state index contributed by atoms with van der Waals surface area (Å²) in [6, 6.07) is 0. The van der Waals surface area contributed by atoms with Crippen LogP contribution in [0.3, 0.4) is 0 Å². The summed E-state index contributed by atoms with van der Waals surface area (Å²) in [4.78, 5) is 0. The molecule has 0 aliphatic heterocycles. The summed E-state index contributed by atoms with van der Waals surface area (Å²) in [5, 5.41) is 10.7. The van der Waals surface area contributed by atoms with Gasteiger partial charge >= 0.3 is 0 Å². The van der Waals surface area contributed by atoms with E-state index in [0.29, 0.717) is 0 Å². The van der Waals surface area contributed by atoms with Crippen LogP contribution >= 0.6 is 0 Å². The van der Waals surface area contributed by atoms with E-state index in [1.54, 1.807) is 0 Å². The molecule has 14 heavy (non-hydrogen) atoms. The Kier molecular flexibility index (Phi) is 3.41. The maximum Gasteiger partial charge on any atom is 0.0708 e. The Morgan fingerprint density at radius 2 is 1.71 bits per heavy atom. The predicted molar refractivity (Wildman–Crippen MR) is 74.3 cm³/mol. The van der Waals surface area contributed by atoms with Crippen molar-refractivity contribution in [2.75, 3.05) is 0 Å². The van der Waals surface area contributed by atoms with Gasteiger partial charge in [0.05, 0.1) is 5.60 Å². The zero-order valence-electron chi connectivity index (χ0n) is 9.91. The summed E-state index contributed by atoms with van der Waals surface area (Å²) in [5.74, 6) is 0.244. The molecule has 2 atom stereocenters. The van der Waals surface area contributed by atoms with Gasteiger partial charge in [0, 0.05) is 36.6 Å². The summed E-state index contributed by atoms with van der Waals surface area (Å²) in [6.45, 7) is 4.33. The van der Waals surface area contributed by atoms with Crippen molar-refractivity contribution in [1.82, 2.24) is 0 Å². The van der Waals surface area contributed by atoms with Crippen LogP contribution in [0, 0.1) is 5.92 Å². The number of hydrogen-bond acceptors (Lipinski definition) is 1. The first kappa shape index (κ1) is 12.2. The molecule has 0 aromatic carbocycles. The van der Waals surface area contributed by atoms with Gasteiger partial charge in [0.2, 0.25) is 0 Å². The first-order valence-electron chi connectivity index (χ1n) is 5.37. The Morgan fingerprint density at radius 3 is 2.07 bits per heavy atom. The van der Waals surface area contributed by atoms with Crippen molar-refractivity contribution >= 4 is 30.7 Å². The highest BCUT2D eigenvalue weighted by molar-refractivity contribution is 6.44. The maximum atomic E-state index is 10.7. The van der Waals surface area contributed by atoms with Gasteiger partial charge in [-0.25, -0.2) is 0 Å². The van der Waals surface area contributed by atoms with E-state index in [1.807, 2.05) is 6.92 Å². The lowest BCUT2D eigenvalue weighted by Crippen LogP contribution is -2.48. The normalized spacial score (nSPS) is 27.9. The molecule has 1 nitrogen and oxygen atoms in total. The van der Waals surface area contributed by atoms with E-state index in [1.165, 1.54) is 10.2 Å². The lowest BCUT2D eigenvalue weighted by Gasteiger charge is -2.46. The number of aliphatic hydroxyl groups is 1. The molecule has 1 aliphatic rings. The monoisotopic (exact) mass is 242 g/mol. The topological polar surface area (TPSA) is 20.2 Å². The van der Waals surface area contributed by atoms with Crippen LogP contribution in [-0.2, 0) is 0 Å². The summed E-state index contributed by atoms with van der Waals surface area (Å²) in [5.41, 5.74) is 0.203. The van der Waals surface area contributed by atoms with Crippen LogP contribution < -0.4 is 0 Å². The SMILES string of the molecule is CC([SiH3])C([SiH3])([SiH3])C(C)(O)C1C=CC=C1. The van der Waals surface area contributed by atoms with E-state index in [0.717, 1.165) is 26.0 Å². The van der Waals surface area contributed by atoms with Gasteiger partial charge in [0.25, 0.3) is 0 Å². The first-order valence-corrected chi connectivity index (χ1v) is 8.53. The third-order valence-corrected chi connectivity index (χ3v) is 12.2. The fourth-order valence-electron chi connectivity index (χ4n) is 1.82. The van der Waals surface area contributed by atoms with Crippen molar-refractivity contribution in [3.63, 3.8) is 0 Å². The Bertz CT molecular complexity index is 255. The van der Waals surface area contributed by atoms with Crippen LogP contribution in [0.15, 0.2) is 24.3 Å². The van der Waals surface area contributed by atoms with Gasteiger partial charge in [0.15, 0.2) is 0 Å². The Balaban J connectivity index is 2.93. The lowest BCUT2D eigenvalue weighted by atomic mass is 9.85. The minimum Gasteiger partial charge on any atom is -0.389 e. The van der Waals surface area contributed by atoms with Gasteiger partial charge in [-0.15, -0.1) is 0 Å². The van der Waals surface area contributed by atoms with Crippen molar-refractivity contribution in [2.45, 2.75) is 29.7 Å². The van der Waals surface area contributed by atoms with Gasteiger partial charge in [-0.05, 0) is 11.6 Å². The molecule has 1 aliphatic carbocycles. The lowest BCUT2D eigenvalue weighted by molar-refractivity contribution is 0.0136. The first-order chi connectivity index (χ1) is 6.30. The van der Waals surface area contributed by atoms with Crippen LogP contribution in [0.2, 0.25) is 10.2 Å². The minimum absolute atomic E-state index is 0.244. The number of hydrogen-bond donors (Lipinski definition) is 1. The molecule has 0 heterocycles. The molecule has 2 unspecified atom stereocenters. The third kappa shape index (κ3) is 1.88. The zero-order chi connectivity index (χ0) is 11.0. The quantitative estimate of drug-likeness (QED) is 0.598. The molecule has 0 fully saturated rings. The largest absolute Gasteiger partial charge is 0.389 e. The molecule has 0 radical (unpaired) electrons. The number of allylic oxidation sites excluding steroid dienone is 2. The number of rotatable bonds is 3. The van der Waals surface area contributed by atoms with Crippen LogP contribution in [0.5, 0.6) is 0 Å². The molecule has 80 valence electrons.